The van der Waals surface area contributed by atoms with E-state index in [1.807, 2.05) is 20.8 Å². The van der Waals surface area contributed by atoms with Gasteiger partial charge in [-0.2, -0.15) is 0 Å². The number of H-pyrrole nitrogens is 1. The summed E-state index contributed by atoms with van der Waals surface area (Å²) in [5.74, 6) is 0. The van der Waals surface area contributed by atoms with Gasteiger partial charge in [0.2, 0.25) is 5.56 Å². The zero-order valence-electron chi connectivity index (χ0n) is 9.76. The van der Waals surface area contributed by atoms with Gasteiger partial charge in [-0.25, -0.2) is 4.79 Å². The number of carbonyl (C=O) groups is 1. The largest absolute Gasteiger partial charge is 0.337 e. The van der Waals surface area contributed by atoms with Crippen LogP contribution in [0.25, 0.3) is 0 Å². The molecule has 0 aliphatic carbocycles. The van der Waals surface area contributed by atoms with Gasteiger partial charge in [-0.3, -0.25) is 4.79 Å². The average Bonchev–Trinajstić information content (AvgIpc) is 2.18. The molecule has 1 heterocycles. The molecule has 1 aromatic heterocycles. The van der Waals surface area contributed by atoms with Crippen LogP contribution in [0.1, 0.15) is 20.8 Å². The van der Waals surface area contributed by atoms with E-state index in [-0.39, 0.29) is 17.0 Å². The maximum absolute atomic E-state index is 11.4. The summed E-state index contributed by atoms with van der Waals surface area (Å²) in [6, 6.07) is 2.64. The number of aromatic amines is 1. The lowest BCUT2D eigenvalue weighted by atomic mass is 9.97. The fourth-order valence-electron chi connectivity index (χ4n) is 1.01. The highest BCUT2D eigenvalue weighted by Gasteiger charge is 2.11. The third-order valence-electron chi connectivity index (χ3n) is 1.82. The SMILES string of the molecule is CC(C)(C)CNC(=O)Nc1ccc(=O)[nH]c1. The third kappa shape index (κ3) is 4.63. The van der Waals surface area contributed by atoms with Crippen LogP contribution in [0, 0.1) is 5.41 Å². The molecule has 2 amide bonds. The summed E-state index contributed by atoms with van der Waals surface area (Å²) in [6.45, 7) is 6.69. The minimum atomic E-state index is -0.276. The van der Waals surface area contributed by atoms with E-state index in [1.165, 1.54) is 12.3 Å². The molecule has 0 saturated carbocycles. The first-order chi connectivity index (χ1) is 7.37. The number of hydrogen-bond donors (Lipinski definition) is 3. The number of anilines is 1. The molecule has 0 aliphatic rings. The molecule has 0 fully saturated rings. The summed E-state index contributed by atoms with van der Waals surface area (Å²) in [4.78, 5) is 24.7. The van der Waals surface area contributed by atoms with Gasteiger partial charge >= 0.3 is 6.03 Å². The Labute approximate surface area is 94.3 Å². The van der Waals surface area contributed by atoms with Gasteiger partial charge in [0, 0.05) is 18.8 Å². The number of hydrogen-bond acceptors (Lipinski definition) is 2. The smallest absolute Gasteiger partial charge is 0.319 e. The van der Waals surface area contributed by atoms with Crippen molar-refractivity contribution in [3.63, 3.8) is 0 Å². The molecular weight excluding hydrogens is 206 g/mol. The van der Waals surface area contributed by atoms with E-state index in [0.29, 0.717) is 12.2 Å². The molecule has 0 unspecified atom stereocenters. The molecule has 0 atom stereocenters. The molecule has 5 heteroatoms. The number of rotatable bonds is 2. The van der Waals surface area contributed by atoms with Crippen molar-refractivity contribution in [1.82, 2.24) is 10.3 Å². The highest BCUT2D eigenvalue weighted by molar-refractivity contribution is 5.88. The minimum absolute atomic E-state index is 0.0440. The second-order valence-corrected chi connectivity index (χ2v) is 4.81. The molecule has 88 valence electrons. The van der Waals surface area contributed by atoms with E-state index in [2.05, 4.69) is 15.6 Å². The molecule has 1 aromatic rings. The molecular formula is C11H17N3O2. The van der Waals surface area contributed by atoms with Gasteiger partial charge in [0.15, 0.2) is 0 Å². The maximum atomic E-state index is 11.4. The average molecular weight is 223 g/mol. The Hall–Kier alpha value is -1.78. The van der Waals surface area contributed by atoms with Gasteiger partial charge in [0.25, 0.3) is 0 Å². The van der Waals surface area contributed by atoms with E-state index >= 15 is 0 Å². The molecule has 0 spiro atoms. The van der Waals surface area contributed by atoms with Crippen molar-refractivity contribution >= 4 is 11.7 Å². The van der Waals surface area contributed by atoms with E-state index < -0.39 is 0 Å². The second-order valence-electron chi connectivity index (χ2n) is 4.81. The summed E-state index contributed by atoms with van der Waals surface area (Å²) in [5, 5.41) is 5.37. The standard InChI is InChI=1S/C11H17N3O2/c1-11(2,3)7-13-10(16)14-8-4-5-9(15)12-6-8/h4-6H,7H2,1-3H3,(H,12,15)(H2,13,14,16). The van der Waals surface area contributed by atoms with Crippen molar-refractivity contribution in [3.05, 3.63) is 28.7 Å². The van der Waals surface area contributed by atoms with Gasteiger partial charge in [-0.05, 0) is 11.5 Å². The van der Waals surface area contributed by atoms with Crippen molar-refractivity contribution in [2.24, 2.45) is 5.41 Å². The van der Waals surface area contributed by atoms with Crippen LogP contribution in [0.5, 0.6) is 0 Å². The Morgan fingerprint density at radius 2 is 2.06 bits per heavy atom. The zero-order chi connectivity index (χ0) is 12.2. The van der Waals surface area contributed by atoms with Crippen LogP contribution in [-0.4, -0.2) is 17.6 Å². The first kappa shape index (κ1) is 12.3. The second kappa shape index (κ2) is 4.83. The zero-order valence-corrected chi connectivity index (χ0v) is 9.76. The van der Waals surface area contributed by atoms with E-state index in [1.54, 1.807) is 6.07 Å². The number of amides is 2. The molecule has 5 nitrogen and oxygen atoms in total. The van der Waals surface area contributed by atoms with Crippen LogP contribution in [0.3, 0.4) is 0 Å². The third-order valence-corrected chi connectivity index (χ3v) is 1.82. The van der Waals surface area contributed by atoms with E-state index in [0.717, 1.165) is 0 Å². The van der Waals surface area contributed by atoms with Crippen LogP contribution in [-0.2, 0) is 0 Å². The Kier molecular flexibility index (Phi) is 3.71. The van der Waals surface area contributed by atoms with Crippen molar-refractivity contribution in [3.8, 4) is 0 Å². The highest BCUT2D eigenvalue weighted by Crippen LogP contribution is 2.10. The van der Waals surface area contributed by atoms with Crippen molar-refractivity contribution in [2.75, 3.05) is 11.9 Å². The first-order valence-electron chi connectivity index (χ1n) is 5.10. The monoisotopic (exact) mass is 223 g/mol. The summed E-state index contributed by atoms with van der Waals surface area (Å²) >= 11 is 0. The molecule has 0 aliphatic heterocycles. The Morgan fingerprint density at radius 1 is 1.38 bits per heavy atom. The van der Waals surface area contributed by atoms with Crippen LogP contribution in [0.2, 0.25) is 0 Å². The fourth-order valence-corrected chi connectivity index (χ4v) is 1.01. The van der Waals surface area contributed by atoms with Gasteiger partial charge < -0.3 is 15.6 Å². The lowest BCUT2D eigenvalue weighted by molar-refractivity contribution is 0.247. The molecule has 16 heavy (non-hydrogen) atoms. The number of pyridine rings is 1. The van der Waals surface area contributed by atoms with E-state index in [9.17, 15) is 9.59 Å². The van der Waals surface area contributed by atoms with Gasteiger partial charge in [-0.15, -0.1) is 0 Å². The molecule has 0 radical (unpaired) electrons. The minimum Gasteiger partial charge on any atom is -0.337 e. The van der Waals surface area contributed by atoms with Crippen LogP contribution in [0.4, 0.5) is 10.5 Å². The molecule has 0 aromatic carbocycles. The van der Waals surface area contributed by atoms with Crippen LogP contribution >= 0.6 is 0 Å². The summed E-state index contributed by atoms with van der Waals surface area (Å²) in [6.07, 6.45) is 1.46. The van der Waals surface area contributed by atoms with Crippen LogP contribution in [0.15, 0.2) is 23.1 Å². The fraction of sp³-hybridized carbons (Fsp3) is 0.455. The molecule has 0 saturated heterocycles. The topological polar surface area (TPSA) is 74.0 Å². The van der Waals surface area contributed by atoms with Gasteiger partial charge in [0.1, 0.15) is 0 Å². The normalized spacial score (nSPS) is 10.9. The molecule has 1 rings (SSSR count). The Bertz CT molecular complexity index is 397. The van der Waals surface area contributed by atoms with Crippen LogP contribution < -0.4 is 16.2 Å². The van der Waals surface area contributed by atoms with E-state index in [4.69, 9.17) is 0 Å². The maximum Gasteiger partial charge on any atom is 0.319 e. The Balaban J connectivity index is 2.46. The summed E-state index contributed by atoms with van der Waals surface area (Å²) < 4.78 is 0. The number of carbonyl (C=O) groups excluding carboxylic acids is 1. The number of aromatic nitrogens is 1. The number of urea groups is 1. The lowest BCUT2D eigenvalue weighted by Gasteiger charge is -2.18. The lowest BCUT2D eigenvalue weighted by Crippen LogP contribution is -2.35. The Morgan fingerprint density at radius 3 is 2.56 bits per heavy atom. The predicted molar refractivity (Wildman–Crippen MR) is 63.5 cm³/mol. The van der Waals surface area contributed by atoms with Gasteiger partial charge in [0.05, 0.1) is 5.69 Å². The quantitative estimate of drug-likeness (QED) is 0.711. The number of nitrogens with one attached hydrogen (secondary N) is 3. The van der Waals surface area contributed by atoms with Crippen molar-refractivity contribution in [2.45, 2.75) is 20.8 Å². The van der Waals surface area contributed by atoms with Crippen molar-refractivity contribution in [1.29, 1.82) is 0 Å². The predicted octanol–water partition coefficient (Wildman–Crippen LogP) is 1.54. The molecule has 3 N–H and O–H groups in total. The van der Waals surface area contributed by atoms with Gasteiger partial charge in [-0.1, -0.05) is 20.8 Å². The highest BCUT2D eigenvalue weighted by atomic mass is 16.2. The van der Waals surface area contributed by atoms with Crippen molar-refractivity contribution < 1.29 is 4.79 Å². The first-order valence-corrected chi connectivity index (χ1v) is 5.10. The summed E-state index contributed by atoms with van der Waals surface area (Å²) in [7, 11) is 0. The summed E-state index contributed by atoms with van der Waals surface area (Å²) in [5.41, 5.74) is 0.411. The molecule has 0 bridgehead atoms.